The van der Waals surface area contributed by atoms with Gasteiger partial charge in [0.15, 0.2) is 0 Å². The Labute approximate surface area is 141 Å². The van der Waals surface area contributed by atoms with E-state index in [9.17, 15) is 13.2 Å². The molecule has 1 saturated heterocycles. The molecule has 0 unspecified atom stereocenters. The molecule has 7 heteroatoms. The minimum atomic E-state index is -3.21. The van der Waals surface area contributed by atoms with Gasteiger partial charge < -0.3 is 10.6 Å². The Balaban J connectivity index is 1.72. The highest BCUT2D eigenvalue weighted by Gasteiger charge is 2.29. The zero-order valence-electron chi connectivity index (χ0n) is 13.3. The first-order valence-electron chi connectivity index (χ1n) is 7.70. The van der Waals surface area contributed by atoms with E-state index < -0.39 is 10.0 Å². The van der Waals surface area contributed by atoms with E-state index in [1.165, 1.54) is 4.31 Å². The van der Waals surface area contributed by atoms with Crippen LogP contribution in [0, 0.1) is 6.92 Å². The standard InChI is InChI=1S/C17H19N3O3S/c1-13-12-15(19-17(21)18-14-6-3-2-4-7-14)8-9-16(13)20-10-5-11-24(20,22)23/h2-4,6-9,12H,5,10-11H2,1H3,(H2,18,19,21). The minimum Gasteiger partial charge on any atom is -0.308 e. The van der Waals surface area contributed by atoms with E-state index in [1.54, 1.807) is 30.3 Å². The molecule has 2 aromatic rings. The third kappa shape index (κ3) is 3.51. The number of nitrogens with one attached hydrogen (secondary N) is 2. The van der Waals surface area contributed by atoms with Gasteiger partial charge in [0.1, 0.15) is 0 Å². The molecule has 0 saturated carbocycles. The van der Waals surface area contributed by atoms with Crippen molar-refractivity contribution >= 4 is 33.1 Å². The van der Waals surface area contributed by atoms with Crippen molar-refractivity contribution in [3.8, 4) is 0 Å². The lowest BCUT2D eigenvalue weighted by Crippen LogP contribution is -2.26. The van der Waals surface area contributed by atoms with Crippen molar-refractivity contribution in [2.75, 3.05) is 27.2 Å². The molecule has 2 amide bonds. The van der Waals surface area contributed by atoms with Crippen LogP contribution in [0.4, 0.5) is 21.9 Å². The molecule has 1 heterocycles. The summed E-state index contributed by atoms with van der Waals surface area (Å²) in [5, 5.41) is 5.49. The molecule has 1 fully saturated rings. The van der Waals surface area contributed by atoms with E-state index in [0.717, 1.165) is 5.56 Å². The molecule has 2 aromatic carbocycles. The molecular formula is C17H19N3O3S. The summed E-state index contributed by atoms with van der Waals surface area (Å²) in [6, 6.07) is 14.0. The summed E-state index contributed by atoms with van der Waals surface area (Å²) in [5.74, 6) is 0.186. The Morgan fingerprint density at radius 2 is 1.75 bits per heavy atom. The largest absolute Gasteiger partial charge is 0.323 e. The van der Waals surface area contributed by atoms with Crippen molar-refractivity contribution in [3.63, 3.8) is 0 Å². The van der Waals surface area contributed by atoms with Crippen LogP contribution in [0.1, 0.15) is 12.0 Å². The molecule has 0 spiro atoms. The third-order valence-corrected chi connectivity index (χ3v) is 5.71. The fourth-order valence-electron chi connectivity index (χ4n) is 2.74. The number of hydrogen-bond acceptors (Lipinski definition) is 3. The van der Waals surface area contributed by atoms with Crippen LogP contribution in [0.25, 0.3) is 0 Å². The number of hydrogen-bond donors (Lipinski definition) is 2. The zero-order valence-corrected chi connectivity index (χ0v) is 14.1. The van der Waals surface area contributed by atoms with Crippen molar-refractivity contribution in [2.45, 2.75) is 13.3 Å². The second-order valence-electron chi connectivity index (χ2n) is 5.69. The number of anilines is 3. The zero-order chi connectivity index (χ0) is 17.2. The van der Waals surface area contributed by atoms with E-state index in [-0.39, 0.29) is 11.8 Å². The number of para-hydroxylation sites is 1. The molecule has 0 aromatic heterocycles. The lowest BCUT2D eigenvalue weighted by molar-refractivity contribution is 0.262. The summed E-state index contributed by atoms with van der Waals surface area (Å²) >= 11 is 0. The fraction of sp³-hybridized carbons (Fsp3) is 0.235. The molecule has 6 nitrogen and oxygen atoms in total. The van der Waals surface area contributed by atoms with Gasteiger partial charge in [-0.25, -0.2) is 13.2 Å². The van der Waals surface area contributed by atoms with Crippen LogP contribution in [0.2, 0.25) is 0 Å². The van der Waals surface area contributed by atoms with Crippen LogP contribution >= 0.6 is 0 Å². The second kappa shape index (κ2) is 6.52. The van der Waals surface area contributed by atoms with E-state index in [0.29, 0.717) is 30.0 Å². The Bertz CT molecular complexity index is 851. The Morgan fingerprint density at radius 1 is 1.04 bits per heavy atom. The highest BCUT2D eigenvalue weighted by atomic mass is 32.2. The van der Waals surface area contributed by atoms with E-state index in [4.69, 9.17) is 0 Å². The highest BCUT2D eigenvalue weighted by Crippen LogP contribution is 2.29. The van der Waals surface area contributed by atoms with Gasteiger partial charge in [0, 0.05) is 17.9 Å². The van der Waals surface area contributed by atoms with Gasteiger partial charge in [0.25, 0.3) is 0 Å². The van der Waals surface area contributed by atoms with Crippen LogP contribution in [-0.2, 0) is 10.0 Å². The second-order valence-corrected chi connectivity index (χ2v) is 7.70. The number of urea groups is 1. The molecule has 24 heavy (non-hydrogen) atoms. The number of aryl methyl sites for hydroxylation is 1. The number of carbonyl (C=O) groups is 1. The Kier molecular flexibility index (Phi) is 4.44. The quantitative estimate of drug-likeness (QED) is 0.897. The molecule has 0 radical (unpaired) electrons. The molecule has 2 N–H and O–H groups in total. The van der Waals surface area contributed by atoms with Crippen molar-refractivity contribution in [1.29, 1.82) is 0 Å². The summed E-state index contributed by atoms with van der Waals surface area (Å²) in [5.41, 5.74) is 2.78. The Morgan fingerprint density at radius 3 is 2.38 bits per heavy atom. The SMILES string of the molecule is Cc1cc(NC(=O)Nc2ccccc2)ccc1N1CCCS1(=O)=O. The van der Waals surface area contributed by atoms with Crippen molar-refractivity contribution in [1.82, 2.24) is 0 Å². The van der Waals surface area contributed by atoms with Crippen LogP contribution < -0.4 is 14.9 Å². The molecular weight excluding hydrogens is 326 g/mol. The van der Waals surface area contributed by atoms with Gasteiger partial charge >= 0.3 is 6.03 Å². The summed E-state index contributed by atoms with van der Waals surface area (Å²) in [7, 11) is -3.21. The van der Waals surface area contributed by atoms with Crippen LogP contribution in [-0.4, -0.2) is 26.7 Å². The van der Waals surface area contributed by atoms with Crippen molar-refractivity contribution in [3.05, 3.63) is 54.1 Å². The van der Waals surface area contributed by atoms with Gasteiger partial charge in [-0.3, -0.25) is 4.31 Å². The summed E-state index contributed by atoms with van der Waals surface area (Å²) < 4.78 is 25.5. The Hall–Kier alpha value is -2.54. The molecule has 1 aliphatic heterocycles. The first kappa shape index (κ1) is 16.3. The predicted molar refractivity (Wildman–Crippen MR) is 96.0 cm³/mol. The maximum atomic E-state index is 12.0. The molecule has 126 valence electrons. The van der Waals surface area contributed by atoms with Crippen molar-refractivity contribution < 1.29 is 13.2 Å². The molecule has 3 rings (SSSR count). The first-order valence-corrected chi connectivity index (χ1v) is 9.31. The smallest absolute Gasteiger partial charge is 0.308 e. The maximum Gasteiger partial charge on any atom is 0.323 e. The monoisotopic (exact) mass is 345 g/mol. The van der Waals surface area contributed by atoms with Crippen LogP contribution in [0.15, 0.2) is 48.5 Å². The number of rotatable bonds is 3. The maximum absolute atomic E-state index is 12.0. The third-order valence-electron chi connectivity index (χ3n) is 3.85. The number of amides is 2. The van der Waals surface area contributed by atoms with E-state index in [2.05, 4.69) is 10.6 Å². The predicted octanol–water partition coefficient (Wildman–Crippen LogP) is 3.18. The lowest BCUT2D eigenvalue weighted by Gasteiger charge is -2.20. The lowest BCUT2D eigenvalue weighted by atomic mass is 10.1. The van der Waals surface area contributed by atoms with E-state index in [1.807, 2.05) is 25.1 Å². The molecule has 0 aliphatic carbocycles. The van der Waals surface area contributed by atoms with Crippen LogP contribution in [0.3, 0.4) is 0 Å². The molecule has 1 aliphatic rings. The fourth-order valence-corrected chi connectivity index (χ4v) is 4.36. The number of sulfonamides is 1. The van der Waals surface area contributed by atoms with Gasteiger partial charge in [0.05, 0.1) is 11.4 Å². The average molecular weight is 345 g/mol. The summed E-state index contributed by atoms with van der Waals surface area (Å²) in [6.07, 6.45) is 0.640. The van der Waals surface area contributed by atoms with E-state index >= 15 is 0 Å². The normalized spacial score (nSPS) is 16.0. The van der Waals surface area contributed by atoms with Gasteiger partial charge in [-0.15, -0.1) is 0 Å². The average Bonchev–Trinajstić information content (AvgIpc) is 2.87. The highest BCUT2D eigenvalue weighted by molar-refractivity contribution is 7.93. The number of benzene rings is 2. The van der Waals surface area contributed by atoms with Crippen LogP contribution in [0.5, 0.6) is 0 Å². The van der Waals surface area contributed by atoms with Gasteiger partial charge in [-0.05, 0) is 49.2 Å². The van der Waals surface area contributed by atoms with Gasteiger partial charge in [-0.1, -0.05) is 18.2 Å². The summed E-state index contributed by atoms with van der Waals surface area (Å²) in [4.78, 5) is 12.0. The van der Waals surface area contributed by atoms with Gasteiger partial charge in [0.2, 0.25) is 10.0 Å². The van der Waals surface area contributed by atoms with Crippen molar-refractivity contribution in [2.24, 2.45) is 0 Å². The minimum absolute atomic E-state index is 0.186. The van der Waals surface area contributed by atoms with Gasteiger partial charge in [-0.2, -0.15) is 0 Å². The first-order chi connectivity index (χ1) is 11.5. The summed E-state index contributed by atoms with van der Waals surface area (Å²) in [6.45, 7) is 2.34. The number of carbonyl (C=O) groups excluding carboxylic acids is 1. The molecule has 0 bridgehead atoms. The number of nitrogens with zero attached hydrogens (tertiary/aromatic N) is 1. The molecule has 0 atom stereocenters. The topological polar surface area (TPSA) is 78.5 Å².